The molecular formula is C14H14F2N2S. The maximum Gasteiger partial charge on any atom is 0.168 e. The SMILES string of the molecule is Cc1ccc(-c2[nH]cnc(=S)c2C(C)C)c(F)c1F. The van der Waals surface area contributed by atoms with Crippen LogP contribution in [0.25, 0.3) is 11.3 Å². The molecule has 2 nitrogen and oxygen atoms in total. The molecule has 5 heteroatoms. The van der Waals surface area contributed by atoms with E-state index in [1.54, 1.807) is 12.1 Å². The number of rotatable bonds is 2. The summed E-state index contributed by atoms with van der Waals surface area (Å²) < 4.78 is 28.2. The number of hydrogen-bond acceptors (Lipinski definition) is 2. The summed E-state index contributed by atoms with van der Waals surface area (Å²) in [5, 5.41) is 0. The number of halogens is 2. The van der Waals surface area contributed by atoms with Crippen molar-refractivity contribution in [3.8, 4) is 11.3 Å². The normalized spacial score (nSPS) is 11.1. The van der Waals surface area contributed by atoms with Crippen LogP contribution >= 0.6 is 12.2 Å². The fourth-order valence-electron chi connectivity index (χ4n) is 2.01. The van der Waals surface area contributed by atoms with Crippen LogP contribution in [0.2, 0.25) is 0 Å². The van der Waals surface area contributed by atoms with E-state index in [4.69, 9.17) is 12.2 Å². The first-order valence-electron chi connectivity index (χ1n) is 5.96. The van der Waals surface area contributed by atoms with Crippen molar-refractivity contribution in [2.45, 2.75) is 26.7 Å². The smallest absolute Gasteiger partial charge is 0.168 e. The van der Waals surface area contributed by atoms with Crippen LogP contribution in [0, 0.1) is 23.2 Å². The third-order valence-corrected chi connectivity index (χ3v) is 3.34. The van der Waals surface area contributed by atoms with Gasteiger partial charge in [-0.05, 0) is 24.5 Å². The molecule has 100 valence electrons. The van der Waals surface area contributed by atoms with Gasteiger partial charge in [-0.3, -0.25) is 0 Å². The summed E-state index contributed by atoms with van der Waals surface area (Å²) >= 11 is 5.17. The number of nitrogens with zero attached hydrogens (tertiary/aromatic N) is 1. The molecule has 0 spiro atoms. The molecule has 1 heterocycles. The fraction of sp³-hybridized carbons (Fsp3) is 0.286. The number of aromatic amines is 1. The van der Waals surface area contributed by atoms with Gasteiger partial charge in [-0.25, -0.2) is 13.8 Å². The standard InChI is InChI=1S/C14H14F2N2S/c1-7(2)10-13(17-6-18-14(10)19)9-5-4-8(3)11(15)12(9)16/h4-7H,1-3H3,(H,17,18,19). The van der Waals surface area contributed by atoms with Gasteiger partial charge in [0, 0.05) is 11.1 Å². The topological polar surface area (TPSA) is 28.7 Å². The molecule has 1 N–H and O–H groups in total. The average molecular weight is 280 g/mol. The van der Waals surface area contributed by atoms with Crippen LogP contribution in [0.4, 0.5) is 8.78 Å². The monoisotopic (exact) mass is 280 g/mol. The van der Waals surface area contributed by atoms with E-state index < -0.39 is 11.6 Å². The Labute approximate surface area is 115 Å². The maximum atomic E-state index is 14.1. The molecule has 0 amide bonds. The number of aromatic nitrogens is 2. The van der Waals surface area contributed by atoms with E-state index in [9.17, 15) is 8.78 Å². The van der Waals surface area contributed by atoms with Crippen LogP contribution in [0.15, 0.2) is 18.5 Å². The average Bonchev–Trinajstić information content (AvgIpc) is 2.35. The van der Waals surface area contributed by atoms with Crippen molar-refractivity contribution >= 4 is 12.2 Å². The highest BCUT2D eigenvalue weighted by molar-refractivity contribution is 7.71. The molecule has 0 atom stereocenters. The lowest BCUT2D eigenvalue weighted by atomic mass is 9.97. The Hall–Kier alpha value is -1.62. The van der Waals surface area contributed by atoms with Crippen molar-refractivity contribution < 1.29 is 8.78 Å². The number of aryl methyl sites for hydroxylation is 1. The van der Waals surface area contributed by atoms with Crippen LogP contribution in [-0.4, -0.2) is 9.97 Å². The van der Waals surface area contributed by atoms with Crippen molar-refractivity contribution in [1.82, 2.24) is 9.97 Å². The van der Waals surface area contributed by atoms with Crippen molar-refractivity contribution in [3.63, 3.8) is 0 Å². The van der Waals surface area contributed by atoms with E-state index in [1.807, 2.05) is 13.8 Å². The molecule has 0 saturated carbocycles. The minimum Gasteiger partial charge on any atom is -0.345 e. The highest BCUT2D eigenvalue weighted by Crippen LogP contribution is 2.30. The van der Waals surface area contributed by atoms with Crippen molar-refractivity contribution in [2.75, 3.05) is 0 Å². The molecule has 19 heavy (non-hydrogen) atoms. The molecule has 0 bridgehead atoms. The summed E-state index contributed by atoms with van der Waals surface area (Å²) in [5.41, 5.74) is 1.67. The molecule has 2 aromatic rings. The zero-order chi connectivity index (χ0) is 14.2. The zero-order valence-electron chi connectivity index (χ0n) is 10.9. The molecule has 0 radical (unpaired) electrons. The second kappa shape index (κ2) is 5.17. The van der Waals surface area contributed by atoms with Crippen LogP contribution in [0.3, 0.4) is 0 Å². The second-order valence-electron chi connectivity index (χ2n) is 4.71. The Morgan fingerprint density at radius 1 is 1.21 bits per heavy atom. The molecule has 0 saturated heterocycles. The summed E-state index contributed by atoms with van der Waals surface area (Å²) in [6.07, 6.45) is 1.40. The molecule has 0 aliphatic carbocycles. The number of H-pyrrole nitrogens is 1. The lowest BCUT2D eigenvalue weighted by Crippen LogP contribution is -2.02. The van der Waals surface area contributed by atoms with E-state index in [0.29, 0.717) is 10.3 Å². The minimum absolute atomic E-state index is 0.0659. The Kier molecular flexibility index (Phi) is 3.75. The Morgan fingerprint density at radius 2 is 1.89 bits per heavy atom. The van der Waals surface area contributed by atoms with Gasteiger partial charge in [-0.2, -0.15) is 0 Å². The van der Waals surface area contributed by atoms with E-state index in [0.717, 1.165) is 5.56 Å². The molecular weight excluding hydrogens is 266 g/mol. The van der Waals surface area contributed by atoms with Crippen LogP contribution in [0.5, 0.6) is 0 Å². The molecule has 1 aromatic heterocycles. The number of hydrogen-bond donors (Lipinski definition) is 1. The fourth-order valence-corrected chi connectivity index (χ4v) is 2.40. The first-order valence-corrected chi connectivity index (χ1v) is 6.36. The van der Waals surface area contributed by atoms with Crippen molar-refractivity contribution in [3.05, 3.63) is 45.9 Å². The van der Waals surface area contributed by atoms with Crippen LogP contribution in [-0.2, 0) is 0 Å². The molecule has 0 aliphatic heterocycles. The second-order valence-corrected chi connectivity index (χ2v) is 5.10. The summed E-state index contributed by atoms with van der Waals surface area (Å²) in [7, 11) is 0. The van der Waals surface area contributed by atoms with Gasteiger partial charge in [-0.1, -0.05) is 32.1 Å². The first-order chi connectivity index (χ1) is 8.93. The molecule has 2 rings (SSSR count). The van der Waals surface area contributed by atoms with Crippen molar-refractivity contribution in [2.24, 2.45) is 0 Å². The third kappa shape index (κ3) is 2.42. The Balaban J connectivity index is 2.77. The lowest BCUT2D eigenvalue weighted by Gasteiger charge is -2.13. The van der Waals surface area contributed by atoms with Gasteiger partial charge in [0.1, 0.15) is 4.64 Å². The molecule has 0 unspecified atom stereocenters. The molecule has 0 aliphatic rings. The first kappa shape index (κ1) is 13.8. The summed E-state index contributed by atoms with van der Waals surface area (Å²) in [6.45, 7) is 5.40. The summed E-state index contributed by atoms with van der Waals surface area (Å²) in [4.78, 5) is 6.88. The largest absolute Gasteiger partial charge is 0.345 e. The van der Waals surface area contributed by atoms with E-state index >= 15 is 0 Å². The number of nitrogens with one attached hydrogen (secondary N) is 1. The van der Waals surface area contributed by atoms with Gasteiger partial charge >= 0.3 is 0 Å². The molecule has 1 aromatic carbocycles. The zero-order valence-corrected chi connectivity index (χ0v) is 11.7. The minimum atomic E-state index is -0.862. The van der Waals surface area contributed by atoms with E-state index in [1.165, 1.54) is 13.3 Å². The lowest BCUT2D eigenvalue weighted by molar-refractivity contribution is 0.505. The predicted octanol–water partition coefficient (Wildman–Crippen LogP) is 4.52. The van der Waals surface area contributed by atoms with Gasteiger partial charge in [0.25, 0.3) is 0 Å². The summed E-state index contributed by atoms with van der Waals surface area (Å²) in [6, 6.07) is 3.11. The van der Waals surface area contributed by atoms with E-state index in [2.05, 4.69) is 9.97 Å². The van der Waals surface area contributed by atoms with Gasteiger partial charge in [-0.15, -0.1) is 0 Å². The molecule has 0 fully saturated rings. The quantitative estimate of drug-likeness (QED) is 0.819. The Morgan fingerprint density at radius 3 is 2.53 bits per heavy atom. The van der Waals surface area contributed by atoms with Crippen molar-refractivity contribution in [1.29, 1.82) is 0 Å². The van der Waals surface area contributed by atoms with E-state index in [-0.39, 0.29) is 17.0 Å². The highest BCUT2D eigenvalue weighted by atomic mass is 32.1. The predicted molar refractivity (Wildman–Crippen MR) is 73.6 cm³/mol. The van der Waals surface area contributed by atoms with Gasteiger partial charge in [0.15, 0.2) is 11.6 Å². The van der Waals surface area contributed by atoms with Gasteiger partial charge in [0.05, 0.1) is 12.0 Å². The third-order valence-electron chi connectivity index (χ3n) is 3.01. The summed E-state index contributed by atoms with van der Waals surface area (Å²) in [5.74, 6) is -1.63. The highest BCUT2D eigenvalue weighted by Gasteiger charge is 2.18. The van der Waals surface area contributed by atoms with Crippen LogP contribution in [0.1, 0.15) is 30.9 Å². The number of benzene rings is 1. The van der Waals surface area contributed by atoms with Crippen LogP contribution < -0.4 is 0 Å². The van der Waals surface area contributed by atoms with Gasteiger partial charge in [0.2, 0.25) is 0 Å². The Bertz CT molecular complexity index is 678. The maximum absolute atomic E-state index is 14.1. The van der Waals surface area contributed by atoms with Gasteiger partial charge < -0.3 is 4.98 Å².